The van der Waals surface area contributed by atoms with Gasteiger partial charge in [0.2, 0.25) is 6.41 Å². The second-order valence-corrected chi connectivity index (χ2v) is 6.21. The van der Waals surface area contributed by atoms with E-state index in [2.05, 4.69) is 9.98 Å². The van der Waals surface area contributed by atoms with Crippen molar-refractivity contribution in [1.82, 2.24) is 4.98 Å². The average molecular weight is 385 g/mol. The lowest BCUT2D eigenvalue weighted by molar-refractivity contribution is -0.153. The van der Waals surface area contributed by atoms with Gasteiger partial charge in [0.1, 0.15) is 11.6 Å². The summed E-state index contributed by atoms with van der Waals surface area (Å²) < 4.78 is 41.7. The predicted octanol–water partition coefficient (Wildman–Crippen LogP) is 4.59. The smallest absolute Gasteiger partial charge is 0.422 e. The van der Waals surface area contributed by atoms with Gasteiger partial charge in [-0.15, -0.1) is 0 Å². The molecule has 1 N–H and O–H groups in total. The number of nitrogens with one attached hydrogen (secondary N) is 1. The Morgan fingerprint density at radius 3 is 2.54 bits per heavy atom. The van der Waals surface area contributed by atoms with Crippen LogP contribution in [0.2, 0.25) is 0 Å². The number of hydrogen-bond donors (Lipinski definition) is 1. The number of anilines is 1. The molecule has 2 aromatic rings. The molecule has 0 aliphatic heterocycles. The van der Waals surface area contributed by atoms with Crippen molar-refractivity contribution in [3.8, 4) is 5.75 Å². The quantitative estimate of drug-likeness (QED) is 0.465. The van der Waals surface area contributed by atoms with Crippen LogP contribution in [0.1, 0.15) is 11.1 Å². The first-order valence-electron chi connectivity index (χ1n) is 7.56. The van der Waals surface area contributed by atoms with Gasteiger partial charge in [0, 0.05) is 6.20 Å². The molecule has 5 nitrogen and oxygen atoms in total. The van der Waals surface area contributed by atoms with Crippen LogP contribution in [0.25, 0.3) is 0 Å². The number of H-pyrrole nitrogens is 1. The topological polar surface area (TPSA) is 57.7 Å². The zero-order chi connectivity index (χ0) is 19.3. The molecular formula is C17H18F3N3O2S. The molecule has 1 amide bonds. The third kappa shape index (κ3) is 5.04. The fraction of sp³-hybridized carbons (Fsp3) is 0.294. The lowest BCUT2D eigenvalue weighted by Gasteiger charge is -2.20. The average Bonchev–Trinajstić information content (AvgIpc) is 2.97. The summed E-state index contributed by atoms with van der Waals surface area (Å²) in [6, 6.07) is 6.36. The second kappa shape index (κ2) is 8.31. The number of benzene rings is 1. The highest BCUT2D eigenvalue weighted by Crippen LogP contribution is 2.28. The number of amides is 1. The van der Waals surface area contributed by atoms with Gasteiger partial charge < -0.3 is 9.72 Å². The number of aliphatic imine (C=N–C) groups is 1. The Balaban J connectivity index is 2.29. The number of alkyl halides is 3. The number of ether oxygens (including phenoxy) is 1. The molecule has 140 valence electrons. The molecule has 0 aliphatic rings. The largest absolute Gasteiger partial charge is 0.484 e. The maximum Gasteiger partial charge on any atom is 0.422 e. The first-order valence-corrected chi connectivity index (χ1v) is 8.79. The molecule has 26 heavy (non-hydrogen) atoms. The molecule has 0 aliphatic carbocycles. The highest BCUT2D eigenvalue weighted by Gasteiger charge is 2.28. The minimum atomic E-state index is -4.41. The maximum atomic E-state index is 12.3. The van der Waals surface area contributed by atoms with Crippen molar-refractivity contribution in [2.75, 3.05) is 17.8 Å². The van der Waals surface area contributed by atoms with E-state index in [1.807, 2.05) is 13.0 Å². The van der Waals surface area contributed by atoms with Crippen molar-refractivity contribution in [3.05, 3.63) is 41.6 Å². The molecule has 2 rings (SSSR count). The molecule has 9 heteroatoms. The summed E-state index contributed by atoms with van der Waals surface area (Å²) in [5, 5.41) is 0.425. The maximum absolute atomic E-state index is 12.3. The number of halogens is 3. The van der Waals surface area contributed by atoms with Gasteiger partial charge in [-0.25, -0.2) is 4.99 Å². The SMILES string of the molecule is CSC(=Nc1[nH]ccc1C)N(C=O)c1ccc(OCC(F)(F)F)c(C)c1. The highest BCUT2D eigenvalue weighted by atomic mass is 32.2. The molecule has 1 aromatic heterocycles. The van der Waals surface area contributed by atoms with Crippen LogP contribution in [0.5, 0.6) is 5.75 Å². The van der Waals surface area contributed by atoms with Crippen LogP contribution < -0.4 is 9.64 Å². The first kappa shape index (κ1) is 19.9. The van der Waals surface area contributed by atoms with Gasteiger partial charge in [-0.05, 0) is 55.5 Å². The second-order valence-electron chi connectivity index (χ2n) is 5.44. The molecule has 0 unspecified atom stereocenters. The molecular weight excluding hydrogens is 367 g/mol. The lowest BCUT2D eigenvalue weighted by atomic mass is 10.2. The van der Waals surface area contributed by atoms with Gasteiger partial charge >= 0.3 is 6.18 Å². The van der Waals surface area contributed by atoms with E-state index in [1.165, 1.54) is 28.8 Å². The van der Waals surface area contributed by atoms with E-state index in [0.717, 1.165) is 5.56 Å². The summed E-state index contributed by atoms with van der Waals surface area (Å²) in [5.74, 6) is 0.739. The van der Waals surface area contributed by atoms with E-state index >= 15 is 0 Å². The number of aromatic amines is 1. The van der Waals surface area contributed by atoms with Gasteiger partial charge in [0.15, 0.2) is 11.8 Å². The van der Waals surface area contributed by atoms with E-state index in [0.29, 0.717) is 28.6 Å². The fourth-order valence-electron chi connectivity index (χ4n) is 2.17. The van der Waals surface area contributed by atoms with Gasteiger partial charge in [0.05, 0.1) is 5.69 Å². The third-order valence-corrected chi connectivity index (χ3v) is 4.11. The predicted molar refractivity (Wildman–Crippen MR) is 97.4 cm³/mol. The van der Waals surface area contributed by atoms with Crippen LogP contribution >= 0.6 is 11.8 Å². The van der Waals surface area contributed by atoms with Crippen molar-refractivity contribution in [2.24, 2.45) is 4.99 Å². The number of carbonyl (C=O) groups excluding carboxylic acids is 1. The molecule has 0 radical (unpaired) electrons. The van der Waals surface area contributed by atoms with Gasteiger partial charge in [0.25, 0.3) is 0 Å². The number of amidine groups is 1. The molecule has 0 bridgehead atoms. The number of rotatable bonds is 5. The third-order valence-electron chi connectivity index (χ3n) is 3.46. The first-order chi connectivity index (χ1) is 12.2. The Bertz CT molecular complexity index is 803. The van der Waals surface area contributed by atoms with Crippen LogP contribution in [0, 0.1) is 13.8 Å². The highest BCUT2D eigenvalue weighted by molar-refractivity contribution is 8.13. The Kier molecular flexibility index (Phi) is 6.36. The number of thioether (sulfide) groups is 1. The zero-order valence-corrected chi connectivity index (χ0v) is 15.2. The number of aryl methyl sites for hydroxylation is 2. The standard InChI is InChI=1S/C17H18F3N3O2S/c1-11-6-7-21-15(11)22-16(26-3)23(10-24)13-4-5-14(12(2)8-13)25-9-17(18,19)20/h4-8,10,21H,9H2,1-3H3. The van der Waals surface area contributed by atoms with Gasteiger partial charge in [-0.2, -0.15) is 13.2 Å². The summed E-state index contributed by atoms with van der Waals surface area (Å²) in [5.41, 5.74) is 1.89. The lowest BCUT2D eigenvalue weighted by Crippen LogP contribution is -2.26. The van der Waals surface area contributed by atoms with Gasteiger partial charge in [-0.3, -0.25) is 9.69 Å². The van der Waals surface area contributed by atoms with Crippen LogP contribution in [-0.4, -0.2) is 35.6 Å². The summed E-state index contributed by atoms with van der Waals surface area (Å²) >= 11 is 1.27. The molecule has 0 fully saturated rings. The van der Waals surface area contributed by atoms with E-state index in [1.54, 1.807) is 25.4 Å². The van der Waals surface area contributed by atoms with Crippen LogP contribution in [0.3, 0.4) is 0 Å². The van der Waals surface area contributed by atoms with Crippen molar-refractivity contribution in [3.63, 3.8) is 0 Å². The van der Waals surface area contributed by atoms with Crippen molar-refractivity contribution >= 4 is 34.8 Å². The molecule has 0 atom stereocenters. The number of carbonyl (C=O) groups is 1. The van der Waals surface area contributed by atoms with Crippen LogP contribution in [-0.2, 0) is 4.79 Å². The van der Waals surface area contributed by atoms with E-state index in [-0.39, 0.29) is 5.75 Å². The van der Waals surface area contributed by atoms with Crippen molar-refractivity contribution < 1.29 is 22.7 Å². The van der Waals surface area contributed by atoms with Gasteiger partial charge in [-0.1, -0.05) is 11.8 Å². The fourth-order valence-corrected chi connectivity index (χ4v) is 2.70. The van der Waals surface area contributed by atoms with E-state index < -0.39 is 12.8 Å². The van der Waals surface area contributed by atoms with Crippen LogP contribution in [0.4, 0.5) is 24.7 Å². The van der Waals surface area contributed by atoms with E-state index in [4.69, 9.17) is 4.74 Å². The minimum absolute atomic E-state index is 0.111. The molecule has 1 aromatic carbocycles. The number of nitrogens with zero attached hydrogens (tertiary/aromatic N) is 2. The zero-order valence-electron chi connectivity index (χ0n) is 14.4. The van der Waals surface area contributed by atoms with E-state index in [9.17, 15) is 18.0 Å². The molecule has 1 heterocycles. The summed E-state index contributed by atoms with van der Waals surface area (Å²) in [6.45, 7) is 2.13. The Labute approximate surface area is 153 Å². The Hall–Kier alpha value is -2.42. The number of hydrogen-bond acceptors (Lipinski definition) is 4. The Morgan fingerprint density at radius 2 is 2.04 bits per heavy atom. The number of aromatic nitrogens is 1. The summed E-state index contributed by atoms with van der Waals surface area (Å²) in [4.78, 5) is 20.4. The minimum Gasteiger partial charge on any atom is -0.484 e. The van der Waals surface area contributed by atoms with Crippen molar-refractivity contribution in [2.45, 2.75) is 20.0 Å². The van der Waals surface area contributed by atoms with Crippen molar-refractivity contribution in [1.29, 1.82) is 0 Å². The molecule has 0 saturated heterocycles. The Morgan fingerprint density at radius 1 is 1.31 bits per heavy atom. The monoisotopic (exact) mass is 385 g/mol. The molecule has 0 spiro atoms. The normalized spacial score (nSPS) is 12.2. The summed E-state index contributed by atoms with van der Waals surface area (Å²) in [6.07, 6.45) is -0.277. The molecule has 0 saturated carbocycles. The summed E-state index contributed by atoms with van der Waals surface area (Å²) in [7, 11) is 0. The van der Waals surface area contributed by atoms with Crippen LogP contribution in [0.15, 0.2) is 35.5 Å².